The molecule has 17 heavy (non-hydrogen) atoms. The van der Waals surface area contributed by atoms with Crippen LogP contribution in [0.3, 0.4) is 0 Å². The molecular weight excluding hydrogens is 348 g/mol. The van der Waals surface area contributed by atoms with Gasteiger partial charge in [0.1, 0.15) is 10.4 Å². The lowest BCUT2D eigenvalue weighted by Crippen LogP contribution is -2.12. The van der Waals surface area contributed by atoms with Gasteiger partial charge in [0.15, 0.2) is 0 Å². The third-order valence-electron chi connectivity index (χ3n) is 2.04. The third-order valence-corrected chi connectivity index (χ3v) is 2.98. The van der Waals surface area contributed by atoms with E-state index in [-0.39, 0.29) is 5.91 Å². The molecule has 5 heteroatoms. The van der Waals surface area contributed by atoms with Crippen LogP contribution in [0.5, 0.6) is 0 Å². The molecule has 1 heterocycles. The zero-order valence-electron chi connectivity index (χ0n) is 8.65. The molecule has 3 nitrogen and oxygen atoms in total. The number of anilines is 1. The van der Waals surface area contributed by atoms with Crippen LogP contribution in [0, 0.1) is 0 Å². The largest absolute Gasteiger partial charge is 0.307 e. The molecule has 1 aromatic heterocycles. The van der Waals surface area contributed by atoms with Gasteiger partial charge in [-0.1, -0.05) is 28.1 Å². The second kappa shape index (κ2) is 5.42. The van der Waals surface area contributed by atoms with Gasteiger partial charge in [0, 0.05) is 10.0 Å². The molecule has 86 valence electrons. The van der Waals surface area contributed by atoms with E-state index in [9.17, 15) is 4.79 Å². The first-order valence-electron chi connectivity index (χ1n) is 4.84. The Hall–Kier alpha value is -1.20. The lowest BCUT2D eigenvalue weighted by molar-refractivity contribution is 0.102. The fourth-order valence-corrected chi connectivity index (χ4v) is 2.04. The molecule has 0 unspecified atom stereocenters. The van der Waals surface area contributed by atoms with Crippen LogP contribution in [0.2, 0.25) is 0 Å². The van der Waals surface area contributed by atoms with Gasteiger partial charge in [-0.25, -0.2) is 4.98 Å². The highest BCUT2D eigenvalue weighted by atomic mass is 79.9. The van der Waals surface area contributed by atoms with Gasteiger partial charge in [0.05, 0.1) is 0 Å². The van der Waals surface area contributed by atoms with E-state index in [1.54, 1.807) is 24.3 Å². The number of nitrogens with one attached hydrogen (secondary N) is 1. The molecule has 0 atom stereocenters. The van der Waals surface area contributed by atoms with E-state index < -0.39 is 0 Å². The highest BCUT2D eigenvalue weighted by Crippen LogP contribution is 2.14. The molecule has 2 rings (SSSR count). The summed E-state index contributed by atoms with van der Waals surface area (Å²) in [4.78, 5) is 16.0. The van der Waals surface area contributed by atoms with Crippen LogP contribution in [0.15, 0.2) is 51.5 Å². The first kappa shape index (κ1) is 12.3. The molecule has 0 fully saturated rings. The molecule has 0 saturated heterocycles. The summed E-state index contributed by atoms with van der Waals surface area (Å²) in [6, 6.07) is 12.5. The van der Waals surface area contributed by atoms with Gasteiger partial charge in [0.25, 0.3) is 5.91 Å². The molecule has 2 aromatic rings. The zero-order valence-corrected chi connectivity index (χ0v) is 11.8. The van der Waals surface area contributed by atoms with Crippen molar-refractivity contribution in [2.24, 2.45) is 0 Å². The van der Waals surface area contributed by atoms with Gasteiger partial charge in [-0.3, -0.25) is 4.79 Å². The van der Waals surface area contributed by atoms with Gasteiger partial charge in [-0.2, -0.15) is 0 Å². The number of benzene rings is 1. The van der Waals surface area contributed by atoms with Gasteiger partial charge in [-0.15, -0.1) is 0 Å². The van der Waals surface area contributed by atoms with Crippen molar-refractivity contribution in [2.75, 3.05) is 5.32 Å². The number of carbonyl (C=O) groups excluding carboxylic acids is 1. The quantitative estimate of drug-likeness (QED) is 0.831. The smallest absolute Gasteiger partial charge is 0.256 e. The monoisotopic (exact) mass is 354 g/mol. The second-order valence-electron chi connectivity index (χ2n) is 3.31. The Kier molecular flexibility index (Phi) is 3.91. The molecule has 0 aliphatic heterocycles. The minimum atomic E-state index is -0.183. The lowest BCUT2D eigenvalue weighted by Gasteiger charge is -2.04. The van der Waals surface area contributed by atoms with E-state index in [0.717, 1.165) is 4.47 Å². The normalized spacial score (nSPS) is 10.0. The average Bonchev–Trinajstić information content (AvgIpc) is 2.29. The SMILES string of the molecule is O=C(Nc1cccc(Br)n1)c1cccc(Br)c1. The van der Waals surface area contributed by atoms with Crippen molar-refractivity contribution in [1.29, 1.82) is 0 Å². The van der Waals surface area contributed by atoms with Crippen LogP contribution in [-0.2, 0) is 0 Å². The maximum atomic E-state index is 11.9. The van der Waals surface area contributed by atoms with Crippen molar-refractivity contribution in [1.82, 2.24) is 4.98 Å². The fourth-order valence-electron chi connectivity index (χ4n) is 1.30. The number of amides is 1. The van der Waals surface area contributed by atoms with E-state index in [1.807, 2.05) is 18.2 Å². The predicted molar refractivity (Wildman–Crippen MR) is 74.0 cm³/mol. The lowest BCUT2D eigenvalue weighted by atomic mass is 10.2. The number of rotatable bonds is 2. The van der Waals surface area contributed by atoms with Crippen molar-refractivity contribution in [2.45, 2.75) is 0 Å². The first-order valence-corrected chi connectivity index (χ1v) is 6.43. The van der Waals surface area contributed by atoms with Crippen LogP contribution in [0.25, 0.3) is 0 Å². The molecule has 1 aromatic carbocycles. The average molecular weight is 356 g/mol. The molecular formula is C12H8Br2N2O. The van der Waals surface area contributed by atoms with E-state index in [0.29, 0.717) is 16.0 Å². The van der Waals surface area contributed by atoms with E-state index in [1.165, 1.54) is 0 Å². The summed E-state index contributed by atoms with van der Waals surface area (Å²) in [5.74, 6) is 0.334. The maximum absolute atomic E-state index is 11.9. The van der Waals surface area contributed by atoms with Crippen molar-refractivity contribution < 1.29 is 4.79 Å². The van der Waals surface area contributed by atoms with E-state index in [4.69, 9.17) is 0 Å². The van der Waals surface area contributed by atoms with Crippen LogP contribution in [0.1, 0.15) is 10.4 Å². The number of aromatic nitrogens is 1. The van der Waals surface area contributed by atoms with Gasteiger partial charge in [0.2, 0.25) is 0 Å². The van der Waals surface area contributed by atoms with Crippen LogP contribution in [0.4, 0.5) is 5.82 Å². The summed E-state index contributed by atoms with van der Waals surface area (Å²) >= 11 is 6.57. The summed E-state index contributed by atoms with van der Waals surface area (Å²) in [5, 5.41) is 2.73. The Labute approximate surface area is 116 Å². The number of nitrogens with zero attached hydrogens (tertiary/aromatic N) is 1. The first-order chi connectivity index (χ1) is 8.15. The standard InChI is InChI=1S/C12H8Br2N2O/c13-9-4-1-3-8(7-9)12(17)16-11-6-2-5-10(14)15-11/h1-7H,(H,15,16,17). The van der Waals surface area contributed by atoms with E-state index in [2.05, 4.69) is 42.2 Å². The Morgan fingerprint density at radius 1 is 1.12 bits per heavy atom. The minimum Gasteiger partial charge on any atom is -0.307 e. The van der Waals surface area contributed by atoms with Crippen molar-refractivity contribution in [3.8, 4) is 0 Å². The van der Waals surface area contributed by atoms with Crippen molar-refractivity contribution in [3.63, 3.8) is 0 Å². The van der Waals surface area contributed by atoms with Crippen LogP contribution >= 0.6 is 31.9 Å². The summed E-state index contributed by atoms with van der Waals surface area (Å²) in [6.45, 7) is 0. The van der Waals surface area contributed by atoms with Gasteiger partial charge in [-0.05, 0) is 46.3 Å². The third kappa shape index (κ3) is 3.38. The molecule has 0 aliphatic carbocycles. The molecule has 1 N–H and O–H groups in total. The highest BCUT2D eigenvalue weighted by Gasteiger charge is 2.06. The Bertz CT molecular complexity index is 558. The number of pyridine rings is 1. The minimum absolute atomic E-state index is 0.183. The van der Waals surface area contributed by atoms with E-state index >= 15 is 0 Å². The maximum Gasteiger partial charge on any atom is 0.256 e. The molecule has 0 spiro atoms. The summed E-state index contributed by atoms with van der Waals surface area (Å²) in [5.41, 5.74) is 0.584. The topological polar surface area (TPSA) is 42.0 Å². The van der Waals surface area contributed by atoms with Crippen LogP contribution < -0.4 is 5.32 Å². The Morgan fingerprint density at radius 3 is 2.59 bits per heavy atom. The number of halogens is 2. The molecule has 1 amide bonds. The Morgan fingerprint density at radius 2 is 1.88 bits per heavy atom. The number of hydrogen-bond donors (Lipinski definition) is 1. The fraction of sp³-hybridized carbons (Fsp3) is 0. The van der Waals surface area contributed by atoms with Crippen LogP contribution in [-0.4, -0.2) is 10.9 Å². The summed E-state index contributed by atoms with van der Waals surface area (Å²) < 4.78 is 1.55. The summed E-state index contributed by atoms with van der Waals surface area (Å²) in [6.07, 6.45) is 0. The van der Waals surface area contributed by atoms with Gasteiger partial charge < -0.3 is 5.32 Å². The number of hydrogen-bond acceptors (Lipinski definition) is 2. The molecule has 0 aliphatic rings. The summed E-state index contributed by atoms with van der Waals surface area (Å²) in [7, 11) is 0. The molecule has 0 radical (unpaired) electrons. The van der Waals surface area contributed by atoms with Crippen molar-refractivity contribution >= 4 is 43.6 Å². The zero-order chi connectivity index (χ0) is 12.3. The number of carbonyl (C=O) groups is 1. The highest BCUT2D eigenvalue weighted by molar-refractivity contribution is 9.10. The molecule has 0 saturated carbocycles. The Balaban J connectivity index is 2.17. The molecule has 0 bridgehead atoms. The van der Waals surface area contributed by atoms with Gasteiger partial charge >= 0.3 is 0 Å². The predicted octanol–water partition coefficient (Wildman–Crippen LogP) is 3.86. The van der Waals surface area contributed by atoms with Crippen molar-refractivity contribution in [3.05, 3.63) is 57.1 Å². The second-order valence-corrected chi connectivity index (χ2v) is 5.04.